The van der Waals surface area contributed by atoms with Crippen LogP contribution in [0.5, 0.6) is 0 Å². The molecule has 0 rings (SSSR count). The smallest absolute Gasteiger partial charge is 0.306 e. The van der Waals surface area contributed by atoms with Gasteiger partial charge in [-0.15, -0.1) is 0 Å². The molecular formula is C50H85NO7. The van der Waals surface area contributed by atoms with Crippen LogP contribution in [0, 0.1) is 0 Å². The van der Waals surface area contributed by atoms with E-state index >= 15 is 0 Å². The molecule has 0 aliphatic carbocycles. The van der Waals surface area contributed by atoms with Crippen LogP contribution in [-0.2, 0) is 28.6 Å². The average Bonchev–Trinajstić information content (AvgIpc) is 3.18. The molecule has 0 saturated carbocycles. The Morgan fingerprint density at radius 2 is 0.966 bits per heavy atom. The Hall–Kier alpha value is -3.23. The number of nitrogens with zero attached hydrogens (tertiary/aromatic N) is 1. The molecule has 2 atom stereocenters. The molecule has 0 aliphatic rings. The first-order chi connectivity index (χ1) is 28.1. The number of carboxylic acid groups (broad SMARTS) is 1. The lowest BCUT2D eigenvalue weighted by atomic mass is 10.1. The number of esters is 2. The minimum Gasteiger partial charge on any atom is -0.544 e. The molecule has 0 heterocycles. The summed E-state index contributed by atoms with van der Waals surface area (Å²) in [6, 6.07) is -0.734. The van der Waals surface area contributed by atoms with Gasteiger partial charge in [-0.2, -0.15) is 0 Å². The van der Waals surface area contributed by atoms with Gasteiger partial charge >= 0.3 is 11.9 Å². The number of rotatable bonds is 40. The Bertz CT molecular complexity index is 1180. The topological polar surface area (TPSA) is 102 Å². The van der Waals surface area contributed by atoms with E-state index in [1.165, 1.54) is 64.2 Å². The zero-order valence-electron chi connectivity index (χ0n) is 37.7. The normalized spacial score (nSPS) is 13.6. The fourth-order valence-corrected chi connectivity index (χ4v) is 6.33. The van der Waals surface area contributed by atoms with Crippen LogP contribution in [0.25, 0.3) is 0 Å². The Morgan fingerprint density at radius 1 is 0.517 bits per heavy atom. The Balaban J connectivity index is 4.41. The predicted molar refractivity (Wildman–Crippen MR) is 240 cm³/mol. The van der Waals surface area contributed by atoms with Crippen LogP contribution < -0.4 is 5.11 Å². The van der Waals surface area contributed by atoms with E-state index in [1.54, 1.807) is 21.1 Å². The molecule has 8 nitrogen and oxygen atoms in total. The summed E-state index contributed by atoms with van der Waals surface area (Å²) in [6.07, 6.45) is 50.6. The number of hydrogen-bond acceptors (Lipinski definition) is 7. The third-order valence-electron chi connectivity index (χ3n) is 9.92. The quantitative estimate of drug-likeness (QED) is 0.0200. The van der Waals surface area contributed by atoms with Gasteiger partial charge in [-0.1, -0.05) is 170 Å². The van der Waals surface area contributed by atoms with Crippen LogP contribution in [0.1, 0.15) is 174 Å². The lowest BCUT2D eigenvalue weighted by Crippen LogP contribution is -2.55. The second-order valence-corrected chi connectivity index (χ2v) is 16.4. The molecule has 0 fully saturated rings. The number of aliphatic carboxylic acids is 1. The van der Waals surface area contributed by atoms with Crippen LogP contribution in [-0.4, -0.2) is 75.5 Å². The average molecular weight is 812 g/mol. The van der Waals surface area contributed by atoms with Crippen molar-refractivity contribution in [1.82, 2.24) is 0 Å². The number of carboxylic acids is 1. The molecule has 0 aromatic rings. The molecule has 0 amide bonds. The van der Waals surface area contributed by atoms with Crippen LogP contribution in [0.15, 0.2) is 72.9 Å². The van der Waals surface area contributed by atoms with Crippen LogP contribution in [0.3, 0.4) is 0 Å². The van der Waals surface area contributed by atoms with Crippen molar-refractivity contribution in [3.63, 3.8) is 0 Å². The number of carbonyl (C=O) groups excluding carboxylic acids is 3. The standard InChI is InChI=1S/C50H85NO7/c1-6-8-10-12-14-16-18-20-22-24-25-27-28-30-32-34-36-38-40-48(52)57-45-46(44-56-43-42-47(50(54)55)51(3,4)5)58-49(53)41-39-37-35-33-31-29-26-23-21-19-17-15-13-11-9-7-2/h10,12,14,16,18,20,22-27,46-47H,6-9,11,13,15,17,19,21,28-45H2,1-5H3/b12-10+,16-14+,20-18+,24-22+,26-23+,27-25+. The first-order valence-corrected chi connectivity index (χ1v) is 23.0. The molecule has 0 aromatic heterocycles. The summed E-state index contributed by atoms with van der Waals surface area (Å²) < 4.78 is 17.2. The number of unbranched alkanes of at least 4 members (excludes halogenated alkanes) is 18. The molecule has 0 spiro atoms. The van der Waals surface area contributed by atoms with Gasteiger partial charge in [0.05, 0.1) is 40.3 Å². The van der Waals surface area contributed by atoms with Gasteiger partial charge < -0.3 is 28.6 Å². The second kappa shape index (κ2) is 40.5. The summed E-state index contributed by atoms with van der Waals surface area (Å²) >= 11 is 0. The van der Waals surface area contributed by atoms with Crippen molar-refractivity contribution in [1.29, 1.82) is 0 Å². The molecule has 0 aromatic carbocycles. The Kier molecular flexibility index (Phi) is 38.3. The van der Waals surface area contributed by atoms with Crippen molar-refractivity contribution in [3.8, 4) is 0 Å². The summed E-state index contributed by atoms with van der Waals surface area (Å²) in [5.41, 5.74) is 0. The van der Waals surface area contributed by atoms with Crippen molar-refractivity contribution in [3.05, 3.63) is 72.9 Å². The van der Waals surface area contributed by atoms with Gasteiger partial charge in [-0.05, 0) is 57.8 Å². The zero-order chi connectivity index (χ0) is 42.8. The van der Waals surface area contributed by atoms with Crippen LogP contribution in [0.4, 0.5) is 0 Å². The van der Waals surface area contributed by atoms with E-state index in [0.717, 1.165) is 77.0 Å². The van der Waals surface area contributed by atoms with Gasteiger partial charge in [0.2, 0.25) is 0 Å². The van der Waals surface area contributed by atoms with Crippen LogP contribution >= 0.6 is 0 Å². The molecule has 2 unspecified atom stereocenters. The van der Waals surface area contributed by atoms with E-state index in [9.17, 15) is 19.5 Å². The maximum absolute atomic E-state index is 12.7. The van der Waals surface area contributed by atoms with Crippen molar-refractivity contribution in [2.45, 2.75) is 187 Å². The highest BCUT2D eigenvalue weighted by molar-refractivity contribution is 5.70. The van der Waals surface area contributed by atoms with Gasteiger partial charge in [-0.25, -0.2) is 0 Å². The fourth-order valence-electron chi connectivity index (χ4n) is 6.33. The second-order valence-electron chi connectivity index (χ2n) is 16.4. The largest absolute Gasteiger partial charge is 0.544 e. The molecule has 0 N–H and O–H groups in total. The van der Waals surface area contributed by atoms with E-state index in [4.69, 9.17) is 14.2 Å². The predicted octanol–water partition coefficient (Wildman–Crippen LogP) is 11.4. The number of hydrogen-bond donors (Lipinski definition) is 0. The molecule has 0 bridgehead atoms. The minimum atomic E-state index is -1.13. The highest BCUT2D eigenvalue weighted by Crippen LogP contribution is 2.13. The molecule has 58 heavy (non-hydrogen) atoms. The summed E-state index contributed by atoms with van der Waals surface area (Å²) in [5.74, 6) is -1.78. The van der Waals surface area contributed by atoms with E-state index in [1.807, 2.05) is 36.5 Å². The van der Waals surface area contributed by atoms with Gasteiger partial charge in [0.15, 0.2) is 6.10 Å². The van der Waals surface area contributed by atoms with Gasteiger partial charge in [0.25, 0.3) is 0 Å². The lowest BCUT2D eigenvalue weighted by molar-refractivity contribution is -0.889. The molecule has 0 radical (unpaired) electrons. The molecular weight excluding hydrogens is 727 g/mol. The highest BCUT2D eigenvalue weighted by Gasteiger charge is 2.25. The molecule has 8 heteroatoms. The lowest BCUT2D eigenvalue weighted by Gasteiger charge is -2.34. The fraction of sp³-hybridized carbons (Fsp3) is 0.700. The van der Waals surface area contributed by atoms with Crippen molar-refractivity contribution >= 4 is 17.9 Å². The first-order valence-electron chi connectivity index (χ1n) is 23.0. The van der Waals surface area contributed by atoms with Crippen molar-refractivity contribution < 1.29 is 38.2 Å². The first kappa shape index (κ1) is 54.8. The highest BCUT2D eigenvalue weighted by atomic mass is 16.6. The Labute approximate surface area is 355 Å². The number of quaternary nitrogens is 1. The van der Waals surface area contributed by atoms with Gasteiger partial charge in [0.1, 0.15) is 12.6 Å². The third-order valence-corrected chi connectivity index (χ3v) is 9.92. The summed E-state index contributed by atoms with van der Waals surface area (Å²) in [5, 5.41) is 11.6. The summed E-state index contributed by atoms with van der Waals surface area (Å²) in [4.78, 5) is 36.9. The zero-order valence-corrected chi connectivity index (χ0v) is 37.7. The number of ether oxygens (including phenoxy) is 3. The SMILES string of the molecule is CCC/C=C/C=C/C=C/C=C/C=C/CCCCCCCC(=O)OCC(COCCC(C(=O)[O-])[N+](C)(C)C)OC(=O)CCCCCCC/C=C/CCCCCCCCC. The number of carbonyl (C=O) groups is 3. The van der Waals surface area contributed by atoms with Gasteiger partial charge in [-0.3, -0.25) is 9.59 Å². The minimum absolute atomic E-state index is 0.0255. The van der Waals surface area contributed by atoms with Crippen LogP contribution in [0.2, 0.25) is 0 Å². The summed E-state index contributed by atoms with van der Waals surface area (Å²) in [7, 11) is 5.39. The third kappa shape index (κ3) is 38.3. The maximum atomic E-state index is 12.7. The van der Waals surface area contributed by atoms with E-state index in [0.29, 0.717) is 12.8 Å². The monoisotopic (exact) mass is 812 g/mol. The van der Waals surface area contributed by atoms with E-state index in [2.05, 4.69) is 50.3 Å². The van der Waals surface area contributed by atoms with Crippen molar-refractivity contribution in [2.75, 3.05) is 41.0 Å². The Morgan fingerprint density at radius 3 is 1.47 bits per heavy atom. The van der Waals surface area contributed by atoms with E-state index in [-0.39, 0.29) is 42.7 Å². The summed E-state index contributed by atoms with van der Waals surface area (Å²) in [6.45, 7) is 4.53. The van der Waals surface area contributed by atoms with Gasteiger partial charge in [0, 0.05) is 19.3 Å². The number of allylic oxidation sites excluding steroid dienone is 12. The molecule has 0 aliphatic heterocycles. The molecule has 332 valence electrons. The maximum Gasteiger partial charge on any atom is 0.306 e. The molecule has 0 saturated heterocycles. The van der Waals surface area contributed by atoms with E-state index < -0.39 is 18.1 Å². The number of likely N-dealkylation sites (N-methyl/N-ethyl adjacent to an activating group) is 1. The van der Waals surface area contributed by atoms with Crippen molar-refractivity contribution in [2.24, 2.45) is 0 Å².